The molecular weight excluding hydrogens is 430 g/mol. The van der Waals surface area contributed by atoms with Crippen molar-refractivity contribution >= 4 is 39.6 Å². The zero-order chi connectivity index (χ0) is 20.9. The predicted octanol–water partition coefficient (Wildman–Crippen LogP) is 6.07. The third-order valence-corrected chi connectivity index (χ3v) is 6.14. The maximum atomic E-state index is 13.4. The van der Waals surface area contributed by atoms with E-state index in [4.69, 9.17) is 5.11 Å². The van der Waals surface area contributed by atoms with E-state index in [2.05, 4.69) is 33.4 Å². The summed E-state index contributed by atoms with van der Waals surface area (Å²) in [6.07, 6.45) is 7.39. The Kier molecular flexibility index (Phi) is 6.91. The van der Waals surface area contributed by atoms with E-state index in [1.54, 1.807) is 13.0 Å². The molecule has 2 N–H and O–H groups in total. The number of halogens is 1. The van der Waals surface area contributed by atoms with E-state index < -0.39 is 11.4 Å². The smallest absolute Gasteiger partial charge is 0.331 e. The van der Waals surface area contributed by atoms with Crippen molar-refractivity contribution < 1.29 is 14.7 Å². The van der Waals surface area contributed by atoms with Gasteiger partial charge in [-0.2, -0.15) is 0 Å². The number of carboxylic acids is 1. The lowest BCUT2D eigenvalue weighted by atomic mass is 9.69. The quantitative estimate of drug-likeness (QED) is 0.519. The second kappa shape index (κ2) is 9.40. The van der Waals surface area contributed by atoms with E-state index in [1.807, 2.05) is 36.4 Å². The molecule has 0 bridgehead atoms. The number of hydrogen-bond donors (Lipinski definition) is 2. The summed E-state index contributed by atoms with van der Waals surface area (Å²) in [5.74, 6) is -0.897. The minimum atomic E-state index is -0.949. The van der Waals surface area contributed by atoms with Crippen molar-refractivity contribution in [3.8, 4) is 0 Å². The van der Waals surface area contributed by atoms with Crippen molar-refractivity contribution in [2.24, 2.45) is 5.41 Å². The first-order valence-electron chi connectivity index (χ1n) is 9.96. The first-order valence-corrected chi connectivity index (χ1v) is 10.7. The third kappa shape index (κ3) is 5.57. The van der Waals surface area contributed by atoms with Gasteiger partial charge in [-0.15, -0.1) is 0 Å². The van der Waals surface area contributed by atoms with Crippen molar-refractivity contribution in [2.45, 2.75) is 45.4 Å². The zero-order valence-corrected chi connectivity index (χ0v) is 18.2. The lowest BCUT2D eigenvalue weighted by Gasteiger charge is -2.36. The van der Waals surface area contributed by atoms with Crippen LogP contribution >= 0.6 is 15.9 Å². The molecule has 0 radical (unpaired) electrons. The summed E-state index contributed by atoms with van der Waals surface area (Å²) in [6.45, 7) is 1.56. The lowest BCUT2D eigenvalue weighted by molar-refractivity contribution is -0.132. The monoisotopic (exact) mass is 455 g/mol. The lowest BCUT2D eigenvalue weighted by Crippen LogP contribution is -2.40. The molecule has 1 aliphatic carbocycles. The number of anilines is 1. The van der Waals surface area contributed by atoms with Crippen molar-refractivity contribution in [1.82, 2.24) is 0 Å². The Morgan fingerprint density at radius 1 is 1.10 bits per heavy atom. The molecule has 0 unspecified atom stereocenters. The summed E-state index contributed by atoms with van der Waals surface area (Å²) in [5.41, 5.74) is 2.47. The molecule has 0 aromatic heterocycles. The SMILES string of the molecule is C/C(=C\c1cccc(NC(=O)C2(Cc3ccc(Br)cc3)CCCCC2)c1)C(=O)O. The van der Waals surface area contributed by atoms with Crippen molar-refractivity contribution in [2.75, 3.05) is 5.32 Å². The molecule has 1 fully saturated rings. The van der Waals surface area contributed by atoms with Gasteiger partial charge in [0, 0.05) is 15.7 Å². The third-order valence-electron chi connectivity index (χ3n) is 5.61. The maximum Gasteiger partial charge on any atom is 0.331 e. The molecule has 0 heterocycles. The number of nitrogens with one attached hydrogen (secondary N) is 1. The van der Waals surface area contributed by atoms with Gasteiger partial charge in [-0.05, 0) is 67.7 Å². The molecule has 152 valence electrons. The van der Waals surface area contributed by atoms with Gasteiger partial charge in [0.1, 0.15) is 0 Å². The Labute approximate surface area is 180 Å². The van der Waals surface area contributed by atoms with Crippen LogP contribution in [-0.2, 0) is 16.0 Å². The highest BCUT2D eigenvalue weighted by molar-refractivity contribution is 9.10. The number of carboxylic acid groups (broad SMARTS) is 1. The minimum Gasteiger partial charge on any atom is -0.478 e. The highest BCUT2D eigenvalue weighted by Crippen LogP contribution is 2.40. The normalized spacial score (nSPS) is 16.3. The molecule has 2 aromatic rings. The summed E-state index contributed by atoms with van der Waals surface area (Å²) in [4.78, 5) is 24.4. The van der Waals surface area contributed by atoms with Gasteiger partial charge in [-0.25, -0.2) is 4.79 Å². The van der Waals surface area contributed by atoms with Gasteiger partial charge < -0.3 is 10.4 Å². The van der Waals surface area contributed by atoms with Gasteiger partial charge in [0.2, 0.25) is 5.91 Å². The van der Waals surface area contributed by atoms with Crippen molar-refractivity contribution in [3.05, 3.63) is 69.7 Å². The van der Waals surface area contributed by atoms with E-state index in [9.17, 15) is 9.59 Å². The molecule has 2 aromatic carbocycles. The van der Waals surface area contributed by atoms with Gasteiger partial charge in [0.25, 0.3) is 0 Å². The minimum absolute atomic E-state index is 0.0520. The maximum absolute atomic E-state index is 13.4. The average Bonchev–Trinajstić information content (AvgIpc) is 2.70. The van der Waals surface area contributed by atoms with Gasteiger partial charge in [-0.3, -0.25) is 4.79 Å². The number of amides is 1. The zero-order valence-electron chi connectivity index (χ0n) is 16.6. The fourth-order valence-electron chi connectivity index (χ4n) is 3.99. The van der Waals surface area contributed by atoms with Gasteiger partial charge in [0.05, 0.1) is 5.41 Å². The molecule has 0 saturated heterocycles. The highest BCUT2D eigenvalue weighted by Gasteiger charge is 2.39. The number of carbonyl (C=O) groups is 2. The second-order valence-corrected chi connectivity index (χ2v) is 8.77. The Hall–Kier alpha value is -2.40. The van der Waals surface area contributed by atoms with Crippen LogP contribution in [0.5, 0.6) is 0 Å². The summed E-state index contributed by atoms with van der Waals surface area (Å²) in [7, 11) is 0. The van der Waals surface area contributed by atoms with Crippen LogP contribution in [0.3, 0.4) is 0 Å². The first kappa shape index (κ1) is 21.3. The molecular formula is C24H26BrNO3. The molecule has 1 aliphatic rings. The van der Waals surface area contributed by atoms with E-state index in [0.29, 0.717) is 5.69 Å². The predicted molar refractivity (Wildman–Crippen MR) is 120 cm³/mol. The van der Waals surface area contributed by atoms with Crippen LogP contribution in [0, 0.1) is 5.41 Å². The Balaban J connectivity index is 1.81. The van der Waals surface area contributed by atoms with Crippen LogP contribution in [0.1, 0.15) is 50.2 Å². The fourth-order valence-corrected chi connectivity index (χ4v) is 4.25. The molecule has 5 heteroatoms. The largest absolute Gasteiger partial charge is 0.478 e. The van der Waals surface area contributed by atoms with Crippen LogP contribution in [0.4, 0.5) is 5.69 Å². The number of aliphatic carboxylic acids is 1. The summed E-state index contributed by atoms with van der Waals surface area (Å²) in [6, 6.07) is 15.5. The summed E-state index contributed by atoms with van der Waals surface area (Å²) < 4.78 is 1.03. The van der Waals surface area contributed by atoms with E-state index in [-0.39, 0.29) is 11.5 Å². The average molecular weight is 456 g/mol. The number of benzene rings is 2. The van der Waals surface area contributed by atoms with Crippen LogP contribution in [0.25, 0.3) is 6.08 Å². The van der Waals surface area contributed by atoms with Gasteiger partial charge in [-0.1, -0.05) is 59.5 Å². The molecule has 0 aliphatic heterocycles. The van der Waals surface area contributed by atoms with Crippen molar-refractivity contribution in [1.29, 1.82) is 0 Å². The van der Waals surface area contributed by atoms with Gasteiger partial charge in [0.15, 0.2) is 0 Å². The van der Waals surface area contributed by atoms with Crippen LogP contribution in [0.15, 0.2) is 58.6 Å². The molecule has 4 nitrogen and oxygen atoms in total. The summed E-state index contributed by atoms with van der Waals surface area (Å²) >= 11 is 3.47. The number of carbonyl (C=O) groups excluding carboxylic acids is 1. The standard InChI is InChI=1S/C24H26BrNO3/c1-17(22(27)28)14-19-6-5-7-21(15-19)26-23(29)24(12-3-2-4-13-24)16-18-8-10-20(25)11-9-18/h5-11,14-15H,2-4,12-13,16H2,1H3,(H,26,29)(H,27,28)/b17-14+. The van der Waals surface area contributed by atoms with E-state index >= 15 is 0 Å². The Morgan fingerprint density at radius 2 is 1.79 bits per heavy atom. The molecule has 1 saturated carbocycles. The molecule has 1 amide bonds. The Bertz CT molecular complexity index is 912. The molecule has 3 rings (SSSR count). The van der Waals surface area contributed by atoms with Crippen molar-refractivity contribution in [3.63, 3.8) is 0 Å². The topological polar surface area (TPSA) is 66.4 Å². The summed E-state index contributed by atoms with van der Waals surface area (Å²) in [5, 5.41) is 12.2. The molecule has 29 heavy (non-hydrogen) atoms. The highest BCUT2D eigenvalue weighted by atomic mass is 79.9. The second-order valence-electron chi connectivity index (χ2n) is 7.86. The van der Waals surface area contributed by atoms with E-state index in [0.717, 1.165) is 42.1 Å². The Morgan fingerprint density at radius 3 is 2.45 bits per heavy atom. The number of hydrogen-bond acceptors (Lipinski definition) is 2. The fraction of sp³-hybridized carbons (Fsp3) is 0.333. The number of rotatable bonds is 6. The molecule has 0 spiro atoms. The van der Waals surface area contributed by atoms with Crippen LogP contribution in [-0.4, -0.2) is 17.0 Å². The van der Waals surface area contributed by atoms with Gasteiger partial charge >= 0.3 is 5.97 Å². The first-order chi connectivity index (χ1) is 13.9. The van der Waals surface area contributed by atoms with Crippen LogP contribution in [0.2, 0.25) is 0 Å². The van der Waals surface area contributed by atoms with E-state index in [1.165, 1.54) is 12.0 Å². The molecule has 0 atom stereocenters. The van der Waals surface area contributed by atoms with Crippen LogP contribution < -0.4 is 5.32 Å².